The lowest BCUT2D eigenvalue weighted by molar-refractivity contribution is -0.384. The molecule has 0 spiro atoms. The summed E-state index contributed by atoms with van der Waals surface area (Å²) in [5.74, 6) is -0.560. The molecule has 0 saturated heterocycles. The average Bonchev–Trinajstić information content (AvgIpc) is 2.66. The molecule has 0 aliphatic rings. The minimum Gasteiger partial charge on any atom is -0.350 e. The van der Waals surface area contributed by atoms with Crippen LogP contribution >= 0.6 is 0 Å². The molecule has 1 unspecified atom stereocenters. The lowest BCUT2D eigenvalue weighted by atomic mass is 10.1. The number of hydrogen-bond donors (Lipinski definition) is 2. The highest BCUT2D eigenvalue weighted by Gasteiger charge is 2.09. The van der Waals surface area contributed by atoms with E-state index in [-0.39, 0.29) is 23.5 Å². The Morgan fingerprint density at radius 3 is 2.52 bits per heavy atom. The molecule has 0 fully saturated rings. The fourth-order valence-electron chi connectivity index (χ4n) is 2.21. The van der Waals surface area contributed by atoms with E-state index in [1.807, 2.05) is 13.8 Å². The number of non-ortho nitro benzene ring substituents is 1. The first kappa shape index (κ1) is 19.8. The Balaban J connectivity index is 2.00. The minimum absolute atomic E-state index is 0.0101. The van der Waals surface area contributed by atoms with Crippen LogP contribution in [-0.4, -0.2) is 22.8 Å². The van der Waals surface area contributed by atoms with Gasteiger partial charge in [-0.1, -0.05) is 13.0 Å². The predicted molar refractivity (Wildman–Crippen MR) is 104 cm³/mol. The van der Waals surface area contributed by atoms with E-state index in [2.05, 4.69) is 10.6 Å². The van der Waals surface area contributed by atoms with Gasteiger partial charge in [0, 0.05) is 35.5 Å². The summed E-state index contributed by atoms with van der Waals surface area (Å²) < 4.78 is 0. The Bertz CT molecular complexity index is 860. The van der Waals surface area contributed by atoms with Crippen molar-refractivity contribution in [3.05, 3.63) is 75.8 Å². The molecule has 140 valence electrons. The van der Waals surface area contributed by atoms with Crippen molar-refractivity contribution in [2.24, 2.45) is 0 Å². The van der Waals surface area contributed by atoms with E-state index in [1.54, 1.807) is 42.5 Å². The molecule has 0 aliphatic heterocycles. The molecule has 2 aromatic rings. The van der Waals surface area contributed by atoms with Gasteiger partial charge in [-0.15, -0.1) is 0 Å². The molecule has 0 saturated carbocycles. The summed E-state index contributed by atoms with van der Waals surface area (Å²) >= 11 is 0. The van der Waals surface area contributed by atoms with E-state index in [0.717, 1.165) is 6.42 Å². The van der Waals surface area contributed by atoms with Gasteiger partial charge in [0.25, 0.3) is 11.6 Å². The molecule has 7 heteroatoms. The smallest absolute Gasteiger partial charge is 0.269 e. The van der Waals surface area contributed by atoms with Crippen LogP contribution in [0.1, 0.15) is 36.2 Å². The molecule has 2 aromatic carbocycles. The number of hydrogen-bond acceptors (Lipinski definition) is 4. The summed E-state index contributed by atoms with van der Waals surface area (Å²) in [6, 6.07) is 12.6. The number of nitro groups is 1. The number of amides is 2. The van der Waals surface area contributed by atoms with E-state index in [0.29, 0.717) is 16.8 Å². The molecule has 7 nitrogen and oxygen atoms in total. The summed E-state index contributed by atoms with van der Waals surface area (Å²) in [7, 11) is 0. The van der Waals surface area contributed by atoms with Crippen molar-refractivity contribution in [1.29, 1.82) is 0 Å². The third-order valence-corrected chi connectivity index (χ3v) is 3.91. The zero-order valence-electron chi connectivity index (χ0n) is 15.1. The van der Waals surface area contributed by atoms with E-state index in [9.17, 15) is 19.7 Å². The second kappa shape index (κ2) is 9.28. The fourth-order valence-corrected chi connectivity index (χ4v) is 2.21. The zero-order valence-corrected chi connectivity index (χ0v) is 15.1. The number of nitrogens with one attached hydrogen (secondary N) is 2. The van der Waals surface area contributed by atoms with Gasteiger partial charge < -0.3 is 10.6 Å². The summed E-state index contributed by atoms with van der Waals surface area (Å²) in [5, 5.41) is 16.2. The quantitative estimate of drug-likeness (QED) is 0.442. The summed E-state index contributed by atoms with van der Waals surface area (Å²) in [6.07, 6.45) is 3.71. The Morgan fingerprint density at radius 1 is 1.19 bits per heavy atom. The normalized spacial score (nSPS) is 11.8. The van der Waals surface area contributed by atoms with Crippen LogP contribution in [0.25, 0.3) is 6.08 Å². The van der Waals surface area contributed by atoms with Crippen molar-refractivity contribution >= 4 is 29.3 Å². The standard InChI is InChI=1S/C20H21N3O4/c1-3-14(2)21-20(25)16-5-4-6-17(13-16)22-19(24)12-9-15-7-10-18(11-8-15)23(26)27/h4-14H,3H2,1-2H3,(H,21,25)(H,22,24)/b12-9+. The third-order valence-electron chi connectivity index (χ3n) is 3.91. The van der Waals surface area contributed by atoms with Gasteiger partial charge >= 0.3 is 0 Å². The molecule has 0 heterocycles. The number of carbonyl (C=O) groups is 2. The van der Waals surface area contributed by atoms with E-state index in [4.69, 9.17) is 0 Å². The van der Waals surface area contributed by atoms with Crippen LogP contribution in [0.4, 0.5) is 11.4 Å². The Labute approximate surface area is 157 Å². The summed E-state index contributed by atoms with van der Waals surface area (Å²) in [5.41, 5.74) is 1.62. The number of benzene rings is 2. The molecule has 0 radical (unpaired) electrons. The molecular formula is C20H21N3O4. The third kappa shape index (κ3) is 6.07. The van der Waals surface area contributed by atoms with E-state index in [1.165, 1.54) is 18.2 Å². The second-order valence-corrected chi connectivity index (χ2v) is 6.03. The van der Waals surface area contributed by atoms with Gasteiger partial charge in [0.15, 0.2) is 0 Å². The molecule has 2 N–H and O–H groups in total. The summed E-state index contributed by atoms with van der Waals surface area (Å²) in [4.78, 5) is 34.4. The molecular weight excluding hydrogens is 346 g/mol. The van der Waals surface area contributed by atoms with Crippen molar-refractivity contribution < 1.29 is 14.5 Å². The average molecular weight is 367 g/mol. The number of nitro benzene ring substituents is 1. The predicted octanol–water partition coefficient (Wildman–Crippen LogP) is 3.78. The topological polar surface area (TPSA) is 101 Å². The van der Waals surface area contributed by atoms with Crippen molar-refractivity contribution in [1.82, 2.24) is 5.32 Å². The van der Waals surface area contributed by atoms with Gasteiger partial charge in [-0.2, -0.15) is 0 Å². The minimum atomic E-state index is -0.482. The summed E-state index contributed by atoms with van der Waals surface area (Å²) in [6.45, 7) is 3.91. The van der Waals surface area contributed by atoms with Gasteiger partial charge in [0.2, 0.25) is 5.91 Å². The van der Waals surface area contributed by atoms with Crippen LogP contribution < -0.4 is 10.6 Å². The molecule has 2 rings (SSSR count). The van der Waals surface area contributed by atoms with Crippen LogP contribution in [0.2, 0.25) is 0 Å². The van der Waals surface area contributed by atoms with Gasteiger partial charge in [-0.05, 0) is 55.3 Å². The molecule has 1 atom stereocenters. The van der Waals surface area contributed by atoms with Gasteiger partial charge in [-0.3, -0.25) is 19.7 Å². The molecule has 27 heavy (non-hydrogen) atoms. The van der Waals surface area contributed by atoms with Crippen LogP contribution in [0, 0.1) is 10.1 Å². The fraction of sp³-hybridized carbons (Fsp3) is 0.200. The lowest BCUT2D eigenvalue weighted by Crippen LogP contribution is -2.31. The molecule has 0 bridgehead atoms. The lowest BCUT2D eigenvalue weighted by Gasteiger charge is -2.12. The maximum Gasteiger partial charge on any atom is 0.269 e. The van der Waals surface area contributed by atoms with Crippen molar-refractivity contribution in [2.75, 3.05) is 5.32 Å². The van der Waals surface area contributed by atoms with Crippen molar-refractivity contribution in [3.63, 3.8) is 0 Å². The Kier molecular flexibility index (Phi) is 6.82. The SMILES string of the molecule is CCC(C)NC(=O)c1cccc(NC(=O)/C=C/c2ccc([N+](=O)[O-])cc2)c1. The molecule has 0 aromatic heterocycles. The largest absolute Gasteiger partial charge is 0.350 e. The first-order chi connectivity index (χ1) is 12.9. The van der Waals surface area contributed by atoms with E-state index >= 15 is 0 Å². The Morgan fingerprint density at radius 2 is 1.89 bits per heavy atom. The monoisotopic (exact) mass is 367 g/mol. The first-order valence-corrected chi connectivity index (χ1v) is 8.53. The highest BCUT2D eigenvalue weighted by atomic mass is 16.6. The van der Waals surface area contributed by atoms with Crippen LogP contribution in [0.15, 0.2) is 54.6 Å². The number of carbonyl (C=O) groups excluding carboxylic acids is 2. The first-order valence-electron chi connectivity index (χ1n) is 8.53. The molecule has 2 amide bonds. The van der Waals surface area contributed by atoms with Gasteiger partial charge in [0.1, 0.15) is 0 Å². The van der Waals surface area contributed by atoms with Crippen molar-refractivity contribution in [3.8, 4) is 0 Å². The number of anilines is 1. The van der Waals surface area contributed by atoms with Crippen LogP contribution in [0.3, 0.4) is 0 Å². The maximum absolute atomic E-state index is 12.2. The number of nitrogens with zero attached hydrogens (tertiary/aromatic N) is 1. The van der Waals surface area contributed by atoms with Gasteiger partial charge in [-0.25, -0.2) is 0 Å². The highest BCUT2D eigenvalue weighted by molar-refractivity contribution is 6.03. The van der Waals surface area contributed by atoms with Crippen LogP contribution in [-0.2, 0) is 4.79 Å². The Hall–Kier alpha value is -3.48. The zero-order chi connectivity index (χ0) is 19.8. The van der Waals surface area contributed by atoms with E-state index < -0.39 is 4.92 Å². The second-order valence-electron chi connectivity index (χ2n) is 6.03. The maximum atomic E-state index is 12.2. The highest BCUT2D eigenvalue weighted by Crippen LogP contribution is 2.14. The molecule has 0 aliphatic carbocycles. The van der Waals surface area contributed by atoms with Gasteiger partial charge in [0.05, 0.1) is 4.92 Å². The van der Waals surface area contributed by atoms with Crippen LogP contribution in [0.5, 0.6) is 0 Å². The number of rotatable bonds is 7. The van der Waals surface area contributed by atoms with Crippen molar-refractivity contribution in [2.45, 2.75) is 26.3 Å².